The molecular weight excluding hydrogens is 314 g/mol. The number of hydrogen-bond acceptors (Lipinski definition) is 3. The van der Waals surface area contributed by atoms with Gasteiger partial charge in [-0.15, -0.1) is 0 Å². The Morgan fingerprint density at radius 2 is 1.76 bits per heavy atom. The molecule has 25 heavy (non-hydrogen) atoms. The van der Waals surface area contributed by atoms with Crippen molar-refractivity contribution in [1.29, 1.82) is 0 Å². The third kappa shape index (κ3) is 4.73. The van der Waals surface area contributed by atoms with Gasteiger partial charge in [0.1, 0.15) is 5.75 Å². The van der Waals surface area contributed by atoms with Crippen LogP contribution in [-0.2, 0) is 11.3 Å². The predicted molar refractivity (Wildman–Crippen MR) is 99.1 cm³/mol. The molecule has 0 saturated carbocycles. The molecule has 1 fully saturated rings. The van der Waals surface area contributed by atoms with Gasteiger partial charge in [0, 0.05) is 17.8 Å². The maximum atomic E-state index is 12.2. The van der Waals surface area contributed by atoms with Crippen LogP contribution in [-0.4, -0.2) is 45.7 Å². The number of nitrogens with zero attached hydrogens (tertiary/aromatic N) is 1. The van der Waals surface area contributed by atoms with E-state index in [1.807, 2.05) is 30.3 Å². The molecule has 1 aliphatic heterocycles. The largest absolute Gasteiger partial charge is 0.496 e. The van der Waals surface area contributed by atoms with Gasteiger partial charge in [-0.2, -0.15) is 0 Å². The van der Waals surface area contributed by atoms with E-state index in [9.17, 15) is 4.79 Å². The van der Waals surface area contributed by atoms with Gasteiger partial charge in [0.05, 0.1) is 33.3 Å². The van der Waals surface area contributed by atoms with Gasteiger partial charge in [-0.05, 0) is 18.2 Å². The average molecular weight is 340 g/mol. The van der Waals surface area contributed by atoms with Crippen molar-refractivity contribution < 1.29 is 14.4 Å². The molecule has 2 N–H and O–H groups in total. The van der Waals surface area contributed by atoms with Crippen LogP contribution in [0.1, 0.15) is 5.56 Å². The smallest absolute Gasteiger partial charge is 0.275 e. The molecular formula is C20H26N3O2+. The monoisotopic (exact) mass is 340 g/mol. The van der Waals surface area contributed by atoms with Crippen LogP contribution < -0.4 is 19.9 Å². The zero-order chi connectivity index (χ0) is 17.5. The van der Waals surface area contributed by atoms with Crippen LogP contribution >= 0.6 is 0 Å². The fraction of sp³-hybridized carbons (Fsp3) is 0.350. The topological polar surface area (TPSA) is 46.0 Å². The number of ether oxygens (including phenoxy) is 1. The Morgan fingerprint density at radius 3 is 2.48 bits per heavy atom. The van der Waals surface area contributed by atoms with E-state index in [0.29, 0.717) is 13.1 Å². The summed E-state index contributed by atoms with van der Waals surface area (Å²) in [5, 5.41) is 3.01. The minimum absolute atomic E-state index is 0.0917. The first-order chi connectivity index (χ1) is 12.3. The Bertz CT molecular complexity index is 682. The number of benzene rings is 2. The third-order valence-corrected chi connectivity index (χ3v) is 4.67. The van der Waals surface area contributed by atoms with Gasteiger partial charge in [0.15, 0.2) is 6.54 Å². The lowest BCUT2D eigenvalue weighted by Crippen LogP contribution is -3.15. The number of piperazine rings is 1. The Labute approximate surface area is 149 Å². The second-order valence-electron chi connectivity index (χ2n) is 6.34. The number of anilines is 1. The lowest BCUT2D eigenvalue weighted by molar-refractivity contribution is -0.892. The molecule has 0 radical (unpaired) electrons. The number of para-hydroxylation sites is 2. The number of amides is 1. The van der Waals surface area contributed by atoms with Crippen LogP contribution in [0.2, 0.25) is 0 Å². The molecule has 0 atom stereocenters. The van der Waals surface area contributed by atoms with Crippen LogP contribution in [0.4, 0.5) is 5.69 Å². The highest BCUT2D eigenvalue weighted by Gasteiger charge is 2.22. The molecule has 5 nitrogen and oxygen atoms in total. The number of rotatable bonds is 6. The van der Waals surface area contributed by atoms with E-state index in [2.05, 4.69) is 34.5 Å². The summed E-state index contributed by atoms with van der Waals surface area (Å²) >= 11 is 0. The van der Waals surface area contributed by atoms with Crippen LogP contribution in [0.3, 0.4) is 0 Å². The van der Waals surface area contributed by atoms with Gasteiger partial charge in [-0.25, -0.2) is 0 Å². The lowest BCUT2D eigenvalue weighted by Gasteiger charge is -2.33. The molecule has 0 unspecified atom stereocenters. The van der Waals surface area contributed by atoms with Crippen molar-refractivity contribution in [2.75, 3.05) is 44.7 Å². The van der Waals surface area contributed by atoms with Crippen molar-refractivity contribution in [3.63, 3.8) is 0 Å². The first-order valence-corrected chi connectivity index (χ1v) is 8.78. The molecule has 1 heterocycles. The van der Waals surface area contributed by atoms with Crippen molar-refractivity contribution in [2.45, 2.75) is 6.54 Å². The zero-order valence-electron chi connectivity index (χ0n) is 14.7. The van der Waals surface area contributed by atoms with E-state index in [1.165, 1.54) is 10.6 Å². The fourth-order valence-corrected chi connectivity index (χ4v) is 3.23. The van der Waals surface area contributed by atoms with Crippen molar-refractivity contribution in [3.8, 4) is 5.75 Å². The van der Waals surface area contributed by atoms with Crippen molar-refractivity contribution >= 4 is 11.6 Å². The molecule has 1 aliphatic rings. The second-order valence-corrected chi connectivity index (χ2v) is 6.34. The van der Waals surface area contributed by atoms with E-state index < -0.39 is 0 Å². The summed E-state index contributed by atoms with van der Waals surface area (Å²) in [6.45, 7) is 4.97. The maximum absolute atomic E-state index is 12.2. The Balaban J connectivity index is 1.43. The minimum Gasteiger partial charge on any atom is -0.496 e. The number of nitrogens with one attached hydrogen (secondary N) is 2. The van der Waals surface area contributed by atoms with E-state index in [0.717, 1.165) is 37.5 Å². The number of hydrogen-bond donors (Lipinski definition) is 2. The molecule has 1 amide bonds. The van der Waals surface area contributed by atoms with Crippen LogP contribution in [0.25, 0.3) is 0 Å². The molecule has 132 valence electrons. The molecule has 0 spiro atoms. The van der Waals surface area contributed by atoms with E-state index in [4.69, 9.17) is 4.74 Å². The summed E-state index contributed by atoms with van der Waals surface area (Å²) in [6, 6.07) is 18.2. The molecule has 3 rings (SSSR count). The highest BCUT2D eigenvalue weighted by Crippen LogP contribution is 2.16. The molecule has 1 saturated heterocycles. The summed E-state index contributed by atoms with van der Waals surface area (Å²) in [5.74, 6) is 0.903. The minimum atomic E-state index is 0.0917. The molecule has 0 aliphatic carbocycles. The first kappa shape index (κ1) is 17.3. The fourth-order valence-electron chi connectivity index (χ4n) is 3.23. The normalized spacial score (nSPS) is 15.0. The van der Waals surface area contributed by atoms with E-state index in [1.54, 1.807) is 7.11 Å². The standard InChI is InChI=1S/C20H25N3O2/c1-25-19-10-6-5-7-17(19)15-21-20(24)16-22-11-13-23(14-12-22)18-8-3-2-4-9-18/h2-10H,11-16H2,1H3,(H,21,24)/p+1. The summed E-state index contributed by atoms with van der Waals surface area (Å²) in [6.07, 6.45) is 0. The van der Waals surface area contributed by atoms with Gasteiger partial charge in [0.25, 0.3) is 5.91 Å². The highest BCUT2D eigenvalue weighted by atomic mass is 16.5. The van der Waals surface area contributed by atoms with Crippen molar-refractivity contribution in [2.24, 2.45) is 0 Å². The van der Waals surface area contributed by atoms with Gasteiger partial charge in [-0.1, -0.05) is 36.4 Å². The molecule has 2 aromatic carbocycles. The Hall–Kier alpha value is -2.53. The van der Waals surface area contributed by atoms with Crippen molar-refractivity contribution in [1.82, 2.24) is 5.32 Å². The summed E-state index contributed by atoms with van der Waals surface area (Å²) in [7, 11) is 1.65. The molecule has 0 bridgehead atoms. The van der Waals surface area contributed by atoms with Gasteiger partial charge < -0.3 is 19.9 Å². The summed E-state index contributed by atoms with van der Waals surface area (Å²) in [5.41, 5.74) is 2.27. The molecule has 0 aromatic heterocycles. The Kier molecular flexibility index (Phi) is 5.90. The lowest BCUT2D eigenvalue weighted by atomic mass is 10.2. The maximum Gasteiger partial charge on any atom is 0.275 e. The molecule has 5 heteroatoms. The van der Waals surface area contributed by atoms with Crippen LogP contribution in [0.5, 0.6) is 5.75 Å². The second kappa shape index (κ2) is 8.53. The van der Waals surface area contributed by atoms with Crippen LogP contribution in [0, 0.1) is 0 Å². The van der Waals surface area contributed by atoms with Gasteiger partial charge >= 0.3 is 0 Å². The first-order valence-electron chi connectivity index (χ1n) is 8.78. The van der Waals surface area contributed by atoms with Gasteiger partial charge in [-0.3, -0.25) is 4.79 Å². The molecule has 2 aromatic rings. The number of carbonyl (C=O) groups is 1. The average Bonchev–Trinajstić information content (AvgIpc) is 2.68. The highest BCUT2D eigenvalue weighted by molar-refractivity contribution is 5.76. The SMILES string of the molecule is COc1ccccc1CNC(=O)C[NH+]1CCN(c2ccccc2)CC1. The van der Waals surface area contributed by atoms with E-state index in [-0.39, 0.29) is 5.91 Å². The van der Waals surface area contributed by atoms with Crippen molar-refractivity contribution in [3.05, 3.63) is 60.2 Å². The van der Waals surface area contributed by atoms with Crippen LogP contribution in [0.15, 0.2) is 54.6 Å². The number of carbonyl (C=O) groups excluding carboxylic acids is 1. The predicted octanol–water partition coefficient (Wildman–Crippen LogP) is 0.717. The zero-order valence-corrected chi connectivity index (χ0v) is 14.7. The number of quaternary nitrogens is 1. The summed E-state index contributed by atoms with van der Waals surface area (Å²) < 4.78 is 5.32. The van der Waals surface area contributed by atoms with Gasteiger partial charge in [0.2, 0.25) is 0 Å². The quantitative estimate of drug-likeness (QED) is 0.814. The Morgan fingerprint density at radius 1 is 1.08 bits per heavy atom. The number of methoxy groups -OCH3 is 1. The van der Waals surface area contributed by atoms with E-state index >= 15 is 0 Å². The third-order valence-electron chi connectivity index (χ3n) is 4.67. The summed E-state index contributed by atoms with van der Waals surface area (Å²) in [4.78, 5) is 16.0.